The van der Waals surface area contributed by atoms with Crippen LogP contribution in [-0.2, 0) is 0 Å². The van der Waals surface area contributed by atoms with Crippen LogP contribution in [0.3, 0.4) is 0 Å². The lowest BCUT2D eigenvalue weighted by molar-refractivity contribution is 0.561. The maximum atomic E-state index is 4.13. The van der Waals surface area contributed by atoms with Crippen molar-refractivity contribution in [1.82, 2.24) is 5.32 Å². The number of benzene rings is 1. The molecular weight excluding hydrogens is 350 g/mol. The summed E-state index contributed by atoms with van der Waals surface area (Å²) < 4.78 is 0. The predicted molar refractivity (Wildman–Crippen MR) is 132 cm³/mol. The second-order valence-electron chi connectivity index (χ2n) is 7.96. The third-order valence-electron chi connectivity index (χ3n) is 5.25. The Morgan fingerprint density at radius 1 is 1.14 bits per heavy atom. The number of rotatable bonds is 11. The Hall–Kier alpha value is -2.28. The molecular formula is C28H41N. The number of hydrogen-bond acceptors (Lipinski definition) is 1. The molecule has 1 aromatic rings. The third-order valence-corrected chi connectivity index (χ3v) is 5.25. The molecule has 1 aliphatic rings. The van der Waals surface area contributed by atoms with Gasteiger partial charge in [-0.1, -0.05) is 93.1 Å². The normalized spacial score (nSPS) is 13.6. The van der Waals surface area contributed by atoms with Gasteiger partial charge in [0.25, 0.3) is 0 Å². The maximum absolute atomic E-state index is 4.13. The van der Waals surface area contributed by atoms with Gasteiger partial charge in [0.15, 0.2) is 0 Å². The number of nitrogens with one attached hydrogen (secondary N) is 1. The van der Waals surface area contributed by atoms with Crippen LogP contribution in [0.15, 0.2) is 79.6 Å². The SMILES string of the molecule is C=CCCC(=C)NCCC(C)C(=C)CCC.Cc1ccc(C2=CCCC=C2)cc1. The van der Waals surface area contributed by atoms with E-state index in [0.29, 0.717) is 5.92 Å². The van der Waals surface area contributed by atoms with Gasteiger partial charge in [-0.15, -0.1) is 6.58 Å². The Morgan fingerprint density at radius 2 is 1.86 bits per heavy atom. The van der Waals surface area contributed by atoms with Crippen LogP contribution in [0.4, 0.5) is 0 Å². The number of aryl methyl sites for hydroxylation is 1. The summed E-state index contributed by atoms with van der Waals surface area (Å²) in [5.74, 6) is 0.611. The maximum Gasteiger partial charge on any atom is 0.0149 e. The molecule has 0 amide bonds. The van der Waals surface area contributed by atoms with Crippen molar-refractivity contribution >= 4 is 5.57 Å². The van der Waals surface area contributed by atoms with Crippen molar-refractivity contribution in [2.45, 2.75) is 65.7 Å². The summed E-state index contributed by atoms with van der Waals surface area (Å²) in [6.45, 7) is 19.4. The van der Waals surface area contributed by atoms with Crippen molar-refractivity contribution in [2.24, 2.45) is 5.92 Å². The van der Waals surface area contributed by atoms with Crippen LogP contribution in [0.25, 0.3) is 5.57 Å². The van der Waals surface area contributed by atoms with Crippen molar-refractivity contribution < 1.29 is 0 Å². The van der Waals surface area contributed by atoms with Crippen LogP contribution in [0.1, 0.15) is 69.9 Å². The van der Waals surface area contributed by atoms with E-state index in [0.717, 1.165) is 37.9 Å². The third kappa shape index (κ3) is 10.7. The molecule has 1 aliphatic carbocycles. The molecule has 0 aliphatic heterocycles. The average molecular weight is 392 g/mol. The number of allylic oxidation sites excluding steroid dienone is 7. The monoisotopic (exact) mass is 391 g/mol. The fourth-order valence-corrected chi connectivity index (χ4v) is 3.18. The average Bonchev–Trinajstić information content (AvgIpc) is 2.74. The zero-order chi connectivity index (χ0) is 21.5. The Labute approximate surface area is 180 Å². The van der Waals surface area contributed by atoms with E-state index >= 15 is 0 Å². The Morgan fingerprint density at radius 3 is 2.45 bits per heavy atom. The van der Waals surface area contributed by atoms with E-state index in [4.69, 9.17) is 0 Å². The molecule has 0 fully saturated rings. The summed E-state index contributed by atoms with van der Waals surface area (Å²) in [6.07, 6.45) is 16.6. The van der Waals surface area contributed by atoms with Crippen LogP contribution in [-0.4, -0.2) is 6.54 Å². The molecule has 2 rings (SSSR count). The summed E-state index contributed by atoms with van der Waals surface area (Å²) in [5.41, 5.74) is 6.52. The van der Waals surface area contributed by atoms with Gasteiger partial charge in [0.1, 0.15) is 0 Å². The Kier molecular flexibility index (Phi) is 12.5. The Balaban J connectivity index is 0.000000294. The van der Waals surface area contributed by atoms with Crippen LogP contribution in [0.2, 0.25) is 0 Å². The van der Waals surface area contributed by atoms with Gasteiger partial charge < -0.3 is 5.32 Å². The highest BCUT2D eigenvalue weighted by Crippen LogP contribution is 2.21. The molecule has 1 unspecified atom stereocenters. The first kappa shape index (κ1) is 24.8. The van der Waals surface area contributed by atoms with Crippen molar-refractivity contribution in [3.05, 3.63) is 90.7 Å². The van der Waals surface area contributed by atoms with E-state index in [9.17, 15) is 0 Å². The molecule has 158 valence electrons. The molecule has 0 heterocycles. The summed E-state index contributed by atoms with van der Waals surface area (Å²) in [4.78, 5) is 0. The highest BCUT2D eigenvalue weighted by Gasteiger charge is 2.05. The summed E-state index contributed by atoms with van der Waals surface area (Å²) in [6, 6.07) is 8.71. The first-order chi connectivity index (χ1) is 14.0. The van der Waals surface area contributed by atoms with Crippen LogP contribution >= 0.6 is 0 Å². The van der Waals surface area contributed by atoms with Crippen molar-refractivity contribution in [3.8, 4) is 0 Å². The topological polar surface area (TPSA) is 12.0 Å². The van der Waals surface area contributed by atoms with E-state index in [1.807, 2.05) is 6.08 Å². The van der Waals surface area contributed by atoms with Crippen molar-refractivity contribution in [3.63, 3.8) is 0 Å². The van der Waals surface area contributed by atoms with Gasteiger partial charge in [-0.25, -0.2) is 0 Å². The molecule has 29 heavy (non-hydrogen) atoms. The van der Waals surface area contributed by atoms with Gasteiger partial charge in [-0.2, -0.15) is 0 Å². The van der Waals surface area contributed by atoms with Crippen molar-refractivity contribution in [1.29, 1.82) is 0 Å². The molecule has 1 nitrogen and oxygen atoms in total. The molecule has 1 aromatic carbocycles. The molecule has 0 saturated heterocycles. The fraction of sp³-hybridized carbons (Fsp3) is 0.429. The van der Waals surface area contributed by atoms with E-state index in [2.05, 4.69) is 88.3 Å². The minimum atomic E-state index is 0.611. The van der Waals surface area contributed by atoms with Gasteiger partial charge in [0.2, 0.25) is 0 Å². The van der Waals surface area contributed by atoms with Crippen LogP contribution < -0.4 is 5.32 Å². The van der Waals surface area contributed by atoms with E-state index in [-0.39, 0.29) is 0 Å². The standard InChI is InChI=1S/C15H27N.C13H14/c1-6-8-10-15(5)16-12-11-14(4)13(3)9-7-2;1-11-7-9-13(10-8-11)12-5-3-2-4-6-12/h6,14,16H,1,3,5,7-12H2,2,4H3;3,5-10H,2,4H2,1H3. The Bertz CT molecular complexity index is 688. The predicted octanol–water partition coefficient (Wildman–Crippen LogP) is 8.17. The smallest absolute Gasteiger partial charge is 0.0149 e. The first-order valence-corrected chi connectivity index (χ1v) is 11.1. The van der Waals surface area contributed by atoms with E-state index in [1.165, 1.54) is 41.5 Å². The highest BCUT2D eigenvalue weighted by molar-refractivity contribution is 5.74. The minimum Gasteiger partial charge on any atom is -0.389 e. The van der Waals surface area contributed by atoms with Crippen LogP contribution in [0.5, 0.6) is 0 Å². The lowest BCUT2D eigenvalue weighted by Crippen LogP contribution is -2.16. The molecule has 0 aromatic heterocycles. The van der Waals surface area contributed by atoms with E-state index in [1.54, 1.807) is 0 Å². The molecule has 0 radical (unpaired) electrons. The fourth-order valence-electron chi connectivity index (χ4n) is 3.18. The van der Waals surface area contributed by atoms with Gasteiger partial charge in [0, 0.05) is 12.2 Å². The lowest BCUT2D eigenvalue weighted by Gasteiger charge is -2.15. The molecule has 0 saturated carbocycles. The number of hydrogen-bond donors (Lipinski definition) is 1. The molecule has 0 spiro atoms. The summed E-state index contributed by atoms with van der Waals surface area (Å²) in [7, 11) is 0. The van der Waals surface area contributed by atoms with Gasteiger partial charge >= 0.3 is 0 Å². The summed E-state index contributed by atoms with van der Waals surface area (Å²) in [5, 5.41) is 3.36. The highest BCUT2D eigenvalue weighted by atomic mass is 14.9. The van der Waals surface area contributed by atoms with Gasteiger partial charge in [0.05, 0.1) is 0 Å². The van der Waals surface area contributed by atoms with Gasteiger partial charge in [-0.05, 0) is 62.5 Å². The largest absolute Gasteiger partial charge is 0.389 e. The van der Waals surface area contributed by atoms with E-state index < -0.39 is 0 Å². The zero-order valence-electron chi connectivity index (χ0n) is 19.0. The first-order valence-electron chi connectivity index (χ1n) is 11.1. The second-order valence-corrected chi connectivity index (χ2v) is 7.96. The van der Waals surface area contributed by atoms with Gasteiger partial charge in [-0.3, -0.25) is 0 Å². The molecule has 0 bridgehead atoms. The zero-order valence-corrected chi connectivity index (χ0v) is 19.0. The summed E-state index contributed by atoms with van der Waals surface area (Å²) >= 11 is 0. The lowest BCUT2D eigenvalue weighted by atomic mass is 9.95. The minimum absolute atomic E-state index is 0.611. The molecule has 1 heteroatoms. The van der Waals surface area contributed by atoms with Crippen LogP contribution in [0, 0.1) is 12.8 Å². The van der Waals surface area contributed by atoms with Crippen molar-refractivity contribution in [2.75, 3.05) is 6.54 Å². The molecule has 1 atom stereocenters. The quantitative estimate of drug-likeness (QED) is 0.375. The second kappa shape index (κ2) is 14.7. The molecule has 1 N–H and O–H groups in total.